The number of hydrogen-bond acceptors (Lipinski definition) is 6. The Labute approximate surface area is 265 Å². The smallest absolute Gasteiger partial charge is 0.410 e. The first-order chi connectivity index (χ1) is 20.8. The number of aromatic nitrogens is 2. The van der Waals surface area contributed by atoms with Crippen molar-refractivity contribution in [2.75, 3.05) is 38.1 Å². The molecule has 0 spiro atoms. The van der Waals surface area contributed by atoms with Gasteiger partial charge in [-0.1, -0.05) is 23.2 Å². The Kier molecular flexibility index (Phi) is 8.76. The standard InChI is InChI=1S/C32H33Cl2N5O5/c1-32(2,3)44-31(42)39-14-12-38(13-15-39)30(41)27-18-21-16-23(8-10-26(21)37(27)5)43-28-11-7-22(19-35-28)36(4)29(40)20-6-9-24(33)25(34)17-20/h6-11,16-19H,12-15H2,1-5H3. The summed E-state index contributed by atoms with van der Waals surface area (Å²) < 4.78 is 13.3. The second-order valence-electron chi connectivity index (χ2n) is 11.5. The Balaban J connectivity index is 1.24. The van der Waals surface area contributed by atoms with Crippen molar-refractivity contribution in [3.8, 4) is 11.6 Å². The fourth-order valence-electron chi connectivity index (χ4n) is 4.87. The Bertz CT molecular complexity index is 1720. The Morgan fingerprint density at radius 1 is 0.886 bits per heavy atom. The molecule has 10 nitrogen and oxygen atoms in total. The number of pyridine rings is 1. The molecule has 2 aromatic heterocycles. The molecule has 1 fully saturated rings. The lowest BCUT2D eigenvalue weighted by Crippen LogP contribution is -2.51. The minimum Gasteiger partial charge on any atom is -0.444 e. The van der Waals surface area contributed by atoms with E-state index in [0.717, 1.165) is 10.9 Å². The predicted molar refractivity (Wildman–Crippen MR) is 170 cm³/mol. The number of aryl methyl sites for hydroxylation is 1. The van der Waals surface area contributed by atoms with Crippen molar-refractivity contribution in [3.05, 3.63) is 82.1 Å². The lowest BCUT2D eigenvalue weighted by atomic mass is 10.2. The minimum atomic E-state index is -0.569. The van der Waals surface area contributed by atoms with Gasteiger partial charge in [0.2, 0.25) is 5.88 Å². The number of carbonyl (C=O) groups is 3. The van der Waals surface area contributed by atoms with Crippen LogP contribution in [0.4, 0.5) is 10.5 Å². The number of piperazine rings is 1. The van der Waals surface area contributed by atoms with E-state index in [1.165, 1.54) is 11.0 Å². The lowest BCUT2D eigenvalue weighted by Gasteiger charge is -2.35. The maximum absolute atomic E-state index is 13.4. The molecule has 1 aliphatic heterocycles. The van der Waals surface area contributed by atoms with E-state index in [2.05, 4.69) is 4.98 Å². The van der Waals surface area contributed by atoms with Gasteiger partial charge in [-0.25, -0.2) is 9.78 Å². The molecular formula is C32H33Cl2N5O5. The third kappa shape index (κ3) is 6.76. The zero-order chi connectivity index (χ0) is 31.8. The van der Waals surface area contributed by atoms with Crippen molar-refractivity contribution in [2.45, 2.75) is 26.4 Å². The maximum Gasteiger partial charge on any atom is 0.410 e. The minimum absolute atomic E-state index is 0.105. The van der Waals surface area contributed by atoms with E-state index < -0.39 is 5.60 Å². The zero-order valence-corrected chi connectivity index (χ0v) is 26.6. The summed E-state index contributed by atoms with van der Waals surface area (Å²) in [6.45, 7) is 7.16. The second-order valence-corrected chi connectivity index (χ2v) is 12.3. The monoisotopic (exact) mass is 637 g/mol. The number of fused-ring (bicyclic) bond motifs is 1. The quantitative estimate of drug-likeness (QED) is 0.243. The summed E-state index contributed by atoms with van der Waals surface area (Å²) in [7, 11) is 3.49. The third-order valence-electron chi connectivity index (χ3n) is 7.25. The van der Waals surface area contributed by atoms with Gasteiger partial charge in [-0.3, -0.25) is 9.59 Å². The fourth-order valence-corrected chi connectivity index (χ4v) is 5.17. The summed E-state index contributed by atoms with van der Waals surface area (Å²) >= 11 is 12.0. The van der Waals surface area contributed by atoms with Crippen LogP contribution in [0.15, 0.2) is 60.8 Å². The van der Waals surface area contributed by atoms with Gasteiger partial charge in [0.15, 0.2) is 0 Å². The van der Waals surface area contributed by atoms with Gasteiger partial charge < -0.3 is 28.7 Å². The normalized spacial score (nSPS) is 13.6. The predicted octanol–water partition coefficient (Wildman–Crippen LogP) is 6.64. The molecule has 4 aromatic rings. The topological polar surface area (TPSA) is 97.2 Å². The van der Waals surface area contributed by atoms with E-state index in [4.69, 9.17) is 32.7 Å². The van der Waals surface area contributed by atoms with Crippen molar-refractivity contribution in [2.24, 2.45) is 7.05 Å². The SMILES string of the molecule is CN(C(=O)c1ccc(Cl)c(Cl)c1)c1ccc(Oc2ccc3c(c2)cc(C(=O)N2CCN(C(=O)OC(C)(C)C)CC2)n3C)nc1. The van der Waals surface area contributed by atoms with Crippen molar-refractivity contribution < 1.29 is 23.9 Å². The van der Waals surface area contributed by atoms with Gasteiger partial charge >= 0.3 is 6.09 Å². The number of nitrogens with zero attached hydrogens (tertiary/aromatic N) is 5. The first kappa shape index (κ1) is 31.2. The first-order valence-corrected chi connectivity index (χ1v) is 14.8. The lowest BCUT2D eigenvalue weighted by molar-refractivity contribution is 0.0139. The molecule has 0 aliphatic carbocycles. The average Bonchev–Trinajstić information content (AvgIpc) is 3.32. The first-order valence-electron chi connectivity index (χ1n) is 14.0. The Morgan fingerprint density at radius 2 is 1.59 bits per heavy atom. The van der Waals surface area contributed by atoms with Crippen LogP contribution in [-0.2, 0) is 11.8 Å². The van der Waals surface area contributed by atoms with Gasteiger partial charge in [0.05, 0.1) is 21.9 Å². The molecule has 44 heavy (non-hydrogen) atoms. The molecule has 3 amide bonds. The second kappa shape index (κ2) is 12.4. The average molecular weight is 639 g/mol. The molecular weight excluding hydrogens is 605 g/mol. The molecule has 230 valence electrons. The number of ether oxygens (including phenoxy) is 2. The van der Waals surface area contributed by atoms with E-state index in [1.807, 2.05) is 56.7 Å². The largest absolute Gasteiger partial charge is 0.444 e. The number of anilines is 1. The molecule has 0 atom stereocenters. The zero-order valence-electron chi connectivity index (χ0n) is 25.1. The van der Waals surface area contributed by atoms with Crippen LogP contribution < -0.4 is 9.64 Å². The molecule has 0 unspecified atom stereocenters. The Hall–Kier alpha value is -4.28. The van der Waals surface area contributed by atoms with Crippen molar-refractivity contribution in [1.29, 1.82) is 0 Å². The molecule has 0 bridgehead atoms. The highest BCUT2D eigenvalue weighted by Gasteiger charge is 2.29. The van der Waals surface area contributed by atoms with Crippen LogP contribution in [0.25, 0.3) is 10.9 Å². The van der Waals surface area contributed by atoms with Crippen molar-refractivity contribution in [1.82, 2.24) is 19.4 Å². The van der Waals surface area contributed by atoms with Crippen molar-refractivity contribution in [3.63, 3.8) is 0 Å². The maximum atomic E-state index is 13.4. The highest BCUT2D eigenvalue weighted by Crippen LogP contribution is 2.29. The molecule has 1 saturated heterocycles. The van der Waals surface area contributed by atoms with E-state index >= 15 is 0 Å². The van der Waals surface area contributed by atoms with Gasteiger partial charge in [0.1, 0.15) is 17.0 Å². The molecule has 1 aliphatic rings. The van der Waals surface area contributed by atoms with Gasteiger partial charge in [-0.15, -0.1) is 0 Å². The van der Waals surface area contributed by atoms with Crippen LogP contribution in [0.3, 0.4) is 0 Å². The van der Waals surface area contributed by atoms with Crippen molar-refractivity contribution >= 4 is 57.7 Å². The number of rotatable bonds is 5. The molecule has 3 heterocycles. The van der Waals surface area contributed by atoms with E-state index in [0.29, 0.717) is 64.8 Å². The van der Waals surface area contributed by atoms with Gasteiger partial charge in [0, 0.05) is 62.8 Å². The summed E-state index contributed by atoms with van der Waals surface area (Å²) in [6, 6.07) is 15.5. The van der Waals surface area contributed by atoms with E-state index in [-0.39, 0.29) is 17.9 Å². The highest BCUT2D eigenvalue weighted by molar-refractivity contribution is 6.42. The van der Waals surface area contributed by atoms with Gasteiger partial charge in [-0.2, -0.15) is 0 Å². The van der Waals surface area contributed by atoms with Crippen LogP contribution in [0.2, 0.25) is 10.0 Å². The van der Waals surface area contributed by atoms with Crippen LogP contribution >= 0.6 is 23.2 Å². The van der Waals surface area contributed by atoms with Crippen LogP contribution in [0.5, 0.6) is 11.6 Å². The molecule has 5 rings (SSSR count). The summed E-state index contributed by atoms with van der Waals surface area (Å²) in [5.41, 5.74) is 1.82. The van der Waals surface area contributed by atoms with E-state index in [1.54, 1.807) is 47.3 Å². The summed E-state index contributed by atoms with van der Waals surface area (Å²) in [6.07, 6.45) is 1.18. The summed E-state index contributed by atoms with van der Waals surface area (Å²) in [5, 5.41) is 1.52. The van der Waals surface area contributed by atoms with Gasteiger partial charge in [0.25, 0.3) is 11.8 Å². The number of amides is 3. The number of hydrogen-bond donors (Lipinski definition) is 0. The van der Waals surface area contributed by atoms with Crippen LogP contribution in [0.1, 0.15) is 41.6 Å². The number of halogens is 2. The summed E-state index contributed by atoms with van der Waals surface area (Å²) in [4.78, 5) is 47.9. The fraction of sp³-hybridized carbons (Fsp3) is 0.312. The number of carbonyl (C=O) groups excluding carboxylic acids is 3. The molecule has 0 N–H and O–H groups in total. The van der Waals surface area contributed by atoms with E-state index in [9.17, 15) is 14.4 Å². The van der Waals surface area contributed by atoms with Crippen LogP contribution in [0, 0.1) is 0 Å². The molecule has 2 aromatic carbocycles. The van der Waals surface area contributed by atoms with Crippen LogP contribution in [-0.4, -0.2) is 76.1 Å². The molecule has 0 saturated carbocycles. The van der Waals surface area contributed by atoms with Gasteiger partial charge in [-0.05, 0) is 69.3 Å². The number of benzene rings is 2. The summed E-state index contributed by atoms with van der Waals surface area (Å²) in [5.74, 6) is 0.530. The molecule has 0 radical (unpaired) electrons. The molecule has 12 heteroatoms. The Morgan fingerprint density at radius 3 is 2.23 bits per heavy atom. The highest BCUT2D eigenvalue weighted by atomic mass is 35.5. The third-order valence-corrected chi connectivity index (χ3v) is 7.99.